The summed E-state index contributed by atoms with van der Waals surface area (Å²) >= 11 is 0. The highest BCUT2D eigenvalue weighted by Gasteiger charge is 2.26. The minimum absolute atomic E-state index is 1.04. The van der Waals surface area contributed by atoms with E-state index in [0.717, 1.165) is 11.8 Å². The van der Waals surface area contributed by atoms with E-state index in [0.29, 0.717) is 0 Å². The van der Waals surface area contributed by atoms with E-state index < -0.39 is 0 Å². The summed E-state index contributed by atoms with van der Waals surface area (Å²) in [6, 6.07) is 0. The molecule has 2 unspecified atom stereocenters. The molecule has 0 spiro atoms. The molecule has 0 saturated heterocycles. The minimum atomic E-state index is 1.04. The van der Waals surface area contributed by atoms with Gasteiger partial charge in [0.25, 0.3) is 0 Å². The van der Waals surface area contributed by atoms with Crippen LogP contribution in [0.4, 0.5) is 0 Å². The van der Waals surface area contributed by atoms with Crippen LogP contribution in [0.5, 0.6) is 0 Å². The molecule has 0 heterocycles. The lowest BCUT2D eigenvalue weighted by Gasteiger charge is -2.34. The molecule has 1 saturated carbocycles. The van der Waals surface area contributed by atoms with Crippen molar-refractivity contribution in [2.24, 2.45) is 11.8 Å². The third-order valence-corrected chi connectivity index (χ3v) is 3.39. The van der Waals surface area contributed by atoms with Gasteiger partial charge in [0.2, 0.25) is 0 Å². The van der Waals surface area contributed by atoms with Gasteiger partial charge >= 0.3 is 0 Å². The molecule has 0 bridgehead atoms. The molecule has 48 valence electrons. The third kappa shape index (κ3) is 1.23. The summed E-state index contributed by atoms with van der Waals surface area (Å²) in [5, 5.41) is 0. The first-order chi connectivity index (χ1) is 3.88. The van der Waals surface area contributed by atoms with Crippen LogP contribution in [0.15, 0.2) is 0 Å². The molecule has 0 nitrogen and oxygen atoms in total. The van der Waals surface area contributed by atoms with Crippen LogP contribution in [-0.2, 0) is 0 Å². The average Bonchev–Trinajstić information content (AvgIpc) is 1.66. The summed E-state index contributed by atoms with van der Waals surface area (Å²) in [7, 11) is 5.67. The Morgan fingerprint density at radius 1 is 1.00 bits per heavy atom. The highest BCUT2D eigenvalue weighted by Crippen LogP contribution is 2.36. The Morgan fingerprint density at radius 3 is 1.50 bits per heavy atom. The van der Waals surface area contributed by atoms with Gasteiger partial charge in [0.05, 0.1) is 0 Å². The van der Waals surface area contributed by atoms with Gasteiger partial charge < -0.3 is 0 Å². The largest absolute Gasteiger partial charge is 0.137 e. The summed E-state index contributed by atoms with van der Waals surface area (Å²) in [6.07, 6.45) is 5.59. The Kier molecular flexibility index (Phi) is 2.73. The van der Waals surface area contributed by atoms with Crippen LogP contribution in [0.1, 0.15) is 12.8 Å². The summed E-state index contributed by atoms with van der Waals surface area (Å²) in [5.41, 5.74) is 0. The molecule has 1 fully saturated rings. The summed E-state index contributed by atoms with van der Waals surface area (Å²) in [5.74, 6) is 2.08. The normalized spacial score (nSPS) is 36.8. The van der Waals surface area contributed by atoms with Crippen molar-refractivity contribution in [3.63, 3.8) is 0 Å². The van der Waals surface area contributed by atoms with Gasteiger partial charge in [0.15, 0.2) is 0 Å². The summed E-state index contributed by atoms with van der Waals surface area (Å²) in [6.45, 7) is 0. The van der Waals surface area contributed by atoms with Crippen molar-refractivity contribution in [1.82, 2.24) is 0 Å². The lowest BCUT2D eigenvalue weighted by molar-refractivity contribution is 0.229. The molecule has 0 N–H and O–H groups in total. The van der Waals surface area contributed by atoms with Crippen LogP contribution < -0.4 is 0 Å². The SMILES string of the molecule is PC[C@@H]1CC[C@H]1CP. The molecule has 1 aliphatic carbocycles. The van der Waals surface area contributed by atoms with Gasteiger partial charge in [-0.2, -0.15) is 0 Å². The van der Waals surface area contributed by atoms with E-state index in [4.69, 9.17) is 0 Å². The van der Waals surface area contributed by atoms with Crippen LogP contribution >= 0.6 is 18.5 Å². The molecule has 4 atom stereocenters. The van der Waals surface area contributed by atoms with Crippen molar-refractivity contribution < 1.29 is 0 Å². The van der Waals surface area contributed by atoms with Gasteiger partial charge in [-0.25, -0.2) is 0 Å². The van der Waals surface area contributed by atoms with Crippen molar-refractivity contribution >= 4 is 18.5 Å². The second kappa shape index (κ2) is 3.14. The summed E-state index contributed by atoms with van der Waals surface area (Å²) in [4.78, 5) is 0. The van der Waals surface area contributed by atoms with Gasteiger partial charge in [0, 0.05) is 0 Å². The molecule has 0 amide bonds. The van der Waals surface area contributed by atoms with E-state index in [-0.39, 0.29) is 0 Å². The molecule has 8 heavy (non-hydrogen) atoms. The smallest absolute Gasteiger partial charge is 0.0348 e. The molecule has 0 aromatic rings. The first kappa shape index (κ1) is 6.97. The van der Waals surface area contributed by atoms with E-state index in [1.165, 1.54) is 25.2 Å². The predicted molar refractivity (Wildman–Crippen MR) is 45.4 cm³/mol. The van der Waals surface area contributed by atoms with Crippen molar-refractivity contribution in [2.45, 2.75) is 12.8 Å². The lowest BCUT2D eigenvalue weighted by atomic mass is 9.76. The van der Waals surface area contributed by atoms with Crippen LogP contribution in [0.25, 0.3) is 0 Å². The molecule has 1 rings (SSSR count). The zero-order valence-corrected chi connectivity index (χ0v) is 7.45. The van der Waals surface area contributed by atoms with E-state index >= 15 is 0 Å². The second-order valence-electron chi connectivity index (χ2n) is 2.57. The van der Waals surface area contributed by atoms with Gasteiger partial charge in [-0.15, -0.1) is 18.5 Å². The Bertz CT molecular complexity index is 58.9. The van der Waals surface area contributed by atoms with E-state index in [1.807, 2.05) is 0 Å². The van der Waals surface area contributed by atoms with E-state index in [2.05, 4.69) is 18.5 Å². The van der Waals surface area contributed by atoms with Crippen LogP contribution in [0.2, 0.25) is 0 Å². The molecular formula is C6H14P2. The van der Waals surface area contributed by atoms with Gasteiger partial charge in [0.1, 0.15) is 0 Å². The van der Waals surface area contributed by atoms with E-state index in [9.17, 15) is 0 Å². The Morgan fingerprint density at radius 2 is 1.38 bits per heavy atom. The second-order valence-corrected chi connectivity index (χ2v) is 3.51. The Labute approximate surface area is 56.2 Å². The van der Waals surface area contributed by atoms with Gasteiger partial charge in [-0.1, -0.05) is 0 Å². The monoisotopic (exact) mass is 148 g/mol. The van der Waals surface area contributed by atoms with Crippen molar-refractivity contribution in [3.8, 4) is 0 Å². The van der Waals surface area contributed by atoms with Gasteiger partial charge in [-0.05, 0) is 37.0 Å². The first-order valence-corrected chi connectivity index (χ1v) is 4.92. The molecule has 2 heteroatoms. The van der Waals surface area contributed by atoms with Crippen LogP contribution in [-0.4, -0.2) is 12.3 Å². The number of hydrogen-bond acceptors (Lipinski definition) is 0. The Balaban J connectivity index is 2.16. The standard InChI is InChI=1S/C6H14P2/c7-3-5-1-2-6(5)4-8/h5-6H,1-4,7-8H2/t5-,6-/m0/s1. The molecule has 0 aromatic heterocycles. The summed E-state index contributed by atoms with van der Waals surface area (Å²) < 4.78 is 0. The zero-order valence-electron chi connectivity index (χ0n) is 5.14. The molecular weight excluding hydrogens is 134 g/mol. The minimum Gasteiger partial charge on any atom is -0.137 e. The fourth-order valence-electron chi connectivity index (χ4n) is 1.26. The number of hydrogen-bond donors (Lipinski definition) is 0. The molecule has 0 aliphatic heterocycles. The Hall–Kier alpha value is 0.860. The number of rotatable bonds is 2. The quantitative estimate of drug-likeness (QED) is 0.523. The highest BCUT2D eigenvalue weighted by atomic mass is 31.0. The lowest BCUT2D eigenvalue weighted by Crippen LogP contribution is -2.27. The average molecular weight is 148 g/mol. The fourth-order valence-corrected chi connectivity index (χ4v) is 2.50. The predicted octanol–water partition coefficient (Wildman–Crippen LogP) is 1.76. The van der Waals surface area contributed by atoms with Crippen molar-refractivity contribution in [2.75, 3.05) is 12.3 Å². The van der Waals surface area contributed by atoms with Crippen molar-refractivity contribution in [3.05, 3.63) is 0 Å². The first-order valence-electron chi connectivity index (χ1n) is 3.28. The van der Waals surface area contributed by atoms with Crippen LogP contribution in [0.3, 0.4) is 0 Å². The maximum atomic E-state index is 2.83. The fraction of sp³-hybridized carbons (Fsp3) is 1.00. The maximum absolute atomic E-state index is 2.83. The maximum Gasteiger partial charge on any atom is -0.0348 e. The highest BCUT2D eigenvalue weighted by molar-refractivity contribution is 7.16. The molecule has 0 aromatic carbocycles. The van der Waals surface area contributed by atoms with Gasteiger partial charge in [-0.3, -0.25) is 0 Å². The van der Waals surface area contributed by atoms with E-state index in [1.54, 1.807) is 0 Å². The van der Waals surface area contributed by atoms with Crippen molar-refractivity contribution in [1.29, 1.82) is 0 Å². The third-order valence-electron chi connectivity index (χ3n) is 2.18. The molecule has 1 aliphatic rings. The topological polar surface area (TPSA) is 0 Å². The zero-order chi connectivity index (χ0) is 5.98. The van der Waals surface area contributed by atoms with Crippen LogP contribution in [0, 0.1) is 11.8 Å². The molecule has 0 radical (unpaired) electrons.